The second-order valence-electron chi connectivity index (χ2n) is 9.13. The molecule has 1 saturated heterocycles. The highest BCUT2D eigenvalue weighted by Gasteiger charge is 2.29. The number of sulfonamides is 2. The van der Waals surface area contributed by atoms with Gasteiger partial charge in [0.15, 0.2) is 0 Å². The lowest BCUT2D eigenvalue weighted by molar-refractivity contribution is -0.116. The van der Waals surface area contributed by atoms with Crippen LogP contribution in [0.5, 0.6) is 0 Å². The monoisotopic (exact) mass is 654 g/mol. The van der Waals surface area contributed by atoms with Crippen LogP contribution >= 0.6 is 27.5 Å². The van der Waals surface area contributed by atoms with Crippen LogP contribution in [-0.2, 0) is 31.4 Å². The smallest absolute Gasteiger partial charge is 0.243 e. The second-order valence-corrected chi connectivity index (χ2v) is 14.4. The van der Waals surface area contributed by atoms with Crippen LogP contribution in [0.4, 0.5) is 5.69 Å². The van der Waals surface area contributed by atoms with Crippen LogP contribution < -0.4 is 5.32 Å². The van der Waals surface area contributed by atoms with Crippen LogP contribution in [0.3, 0.4) is 0 Å². The van der Waals surface area contributed by atoms with E-state index in [0.29, 0.717) is 42.5 Å². The quantitative estimate of drug-likeness (QED) is 0.375. The lowest BCUT2D eigenvalue weighted by Gasteiger charge is -2.31. The molecule has 13 heteroatoms. The minimum Gasteiger partial charge on any atom is -0.325 e. The summed E-state index contributed by atoms with van der Waals surface area (Å²) in [7, 11) is -5.73. The predicted octanol–water partition coefficient (Wildman–Crippen LogP) is 3.87. The fourth-order valence-corrected chi connectivity index (χ4v) is 7.22. The third-order valence-corrected chi connectivity index (χ3v) is 10.8. The highest BCUT2D eigenvalue weighted by atomic mass is 79.9. The molecule has 0 aromatic heterocycles. The molecule has 0 bridgehead atoms. The molecule has 1 aliphatic heterocycles. The number of nitrogens with one attached hydrogen (secondary N) is 1. The summed E-state index contributed by atoms with van der Waals surface area (Å²) in [6.45, 7) is 1.63. The van der Waals surface area contributed by atoms with Gasteiger partial charge in [0, 0.05) is 47.9 Å². The van der Waals surface area contributed by atoms with Crippen molar-refractivity contribution in [2.75, 3.05) is 45.1 Å². The Labute approximate surface area is 242 Å². The van der Waals surface area contributed by atoms with Crippen LogP contribution in [0.1, 0.15) is 5.56 Å². The Kier molecular flexibility index (Phi) is 9.48. The number of anilines is 1. The Morgan fingerprint density at radius 2 is 1.44 bits per heavy atom. The average Bonchev–Trinajstić information content (AvgIpc) is 2.90. The van der Waals surface area contributed by atoms with Crippen molar-refractivity contribution in [3.63, 3.8) is 0 Å². The molecule has 0 aliphatic carbocycles. The van der Waals surface area contributed by atoms with Crippen molar-refractivity contribution in [2.45, 2.75) is 16.3 Å². The standard InChI is InChI=1S/C26H28BrClN4O5S2/c1-30-14-16-31(17-15-30)38(34,35)25-12-8-23(9-13-25)29-26(33)19-32(18-20-2-6-22(28)7-3-20)39(36,37)24-10-4-21(27)5-11-24/h2-13H,14-19H2,1H3,(H,29,33). The van der Waals surface area contributed by atoms with E-state index in [4.69, 9.17) is 11.6 Å². The molecule has 0 radical (unpaired) electrons. The first kappa shape index (κ1) is 29.7. The lowest BCUT2D eigenvalue weighted by atomic mass is 10.2. The van der Waals surface area contributed by atoms with Crippen molar-refractivity contribution >= 4 is 59.2 Å². The molecule has 3 aromatic rings. The van der Waals surface area contributed by atoms with E-state index in [9.17, 15) is 21.6 Å². The Morgan fingerprint density at radius 1 is 0.872 bits per heavy atom. The van der Waals surface area contributed by atoms with Crippen molar-refractivity contribution in [2.24, 2.45) is 0 Å². The second kappa shape index (κ2) is 12.5. The highest BCUT2D eigenvalue weighted by Crippen LogP contribution is 2.23. The van der Waals surface area contributed by atoms with Gasteiger partial charge in [-0.2, -0.15) is 8.61 Å². The Balaban J connectivity index is 1.49. The number of rotatable bonds is 9. The van der Waals surface area contributed by atoms with Crippen molar-refractivity contribution in [1.29, 1.82) is 0 Å². The molecule has 1 heterocycles. The van der Waals surface area contributed by atoms with Crippen LogP contribution in [0, 0.1) is 0 Å². The maximum Gasteiger partial charge on any atom is 0.243 e. The Hall–Kier alpha value is -2.32. The van der Waals surface area contributed by atoms with Crippen molar-refractivity contribution < 1.29 is 21.6 Å². The Bertz CT molecular complexity index is 1510. The van der Waals surface area contributed by atoms with E-state index in [0.717, 1.165) is 8.78 Å². The van der Waals surface area contributed by atoms with Crippen LogP contribution in [0.25, 0.3) is 0 Å². The van der Waals surface area contributed by atoms with Crippen LogP contribution in [0.15, 0.2) is 87.1 Å². The number of benzene rings is 3. The molecule has 4 rings (SSSR count). The normalized spacial score (nSPS) is 15.4. The summed E-state index contributed by atoms with van der Waals surface area (Å²) in [6, 6.07) is 18.7. The summed E-state index contributed by atoms with van der Waals surface area (Å²) < 4.78 is 56.1. The molecule has 1 aliphatic rings. The fourth-order valence-electron chi connectivity index (χ4n) is 4.02. The van der Waals surface area contributed by atoms with Gasteiger partial charge in [-0.25, -0.2) is 16.8 Å². The van der Waals surface area contributed by atoms with Gasteiger partial charge in [0.1, 0.15) is 0 Å². The van der Waals surface area contributed by atoms with Crippen LogP contribution in [-0.4, -0.2) is 76.0 Å². The van der Waals surface area contributed by atoms with E-state index in [1.807, 2.05) is 7.05 Å². The van der Waals surface area contributed by atoms with Crippen molar-refractivity contribution in [1.82, 2.24) is 13.5 Å². The number of hydrogen-bond donors (Lipinski definition) is 1. The number of nitrogens with zero attached hydrogens (tertiary/aromatic N) is 3. The van der Waals surface area contributed by atoms with Gasteiger partial charge in [-0.3, -0.25) is 4.79 Å². The van der Waals surface area contributed by atoms with E-state index in [1.54, 1.807) is 36.4 Å². The maximum atomic E-state index is 13.5. The summed E-state index contributed by atoms with van der Waals surface area (Å²) in [5, 5.41) is 3.19. The SMILES string of the molecule is CN1CCN(S(=O)(=O)c2ccc(NC(=O)CN(Cc3ccc(Cl)cc3)S(=O)(=O)c3ccc(Br)cc3)cc2)CC1. The molecule has 0 atom stereocenters. The molecule has 0 saturated carbocycles. The number of hydrogen-bond acceptors (Lipinski definition) is 6. The van der Waals surface area contributed by atoms with E-state index in [1.165, 1.54) is 40.7 Å². The minimum atomic E-state index is -4.03. The largest absolute Gasteiger partial charge is 0.325 e. The van der Waals surface area contributed by atoms with Gasteiger partial charge in [-0.05, 0) is 73.3 Å². The first-order valence-corrected chi connectivity index (χ1v) is 16.1. The highest BCUT2D eigenvalue weighted by molar-refractivity contribution is 9.10. The van der Waals surface area contributed by atoms with Crippen molar-refractivity contribution in [3.05, 3.63) is 87.9 Å². The molecule has 1 N–H and O–H groups in total. The Morgan fingerprint density at radius 3 is 2.03 bits per heavy atom. The van der Waals surface area contributed by atoms with Gasteiger partial charge >= 0.3 is 0 Å². The summed E-state index contributed by atoms with van der Waals surface area (Å²) in [6.07, 6.45) is 0. The summed E-state index contributed by atoms with van der Waals surface area (Å²) in [5.74, 6) is -0.570. The molecule has 1 fully saturated rings. The summed E-state index contributed by atoms with van der Waals surface area (Å²) in [5.41, 5.74) is 1.01. The van der Waals surface area contributed by atoms with E-state index in [2.05, 4.69) is 26.1 Å². The third kappa shape index (κ3) is 7.46. The molecule has 0 unspecified atom stereocenters. The number of amides is 1. The zero-order valence-corrected chi connectivity index (χ0v) is 25.1. The van der Waals surface area contributed by atoms with E-state index < -0.39 is 32.5 Å². The van der Waals surface area contributed by atoms with Crippen LogP contribution in [0.2, 0.25) is 5.02 Å². The topological polar surface area (TPSA) is 107 Å². The number of likely N-dealkylation sites (N-methyl/N-ethyl adjacent to an activating group) is 1. The molecule has 208 valence electrons. The molecule has 39 heavy (non-hydrogen) atoms. The predicted molar refractivity (Wildman–Crippen MR) is 155 cm³/mol. The van der Waals surface area contributed by atoms with Gasteiger partial charge in [-0.1, -0.05) is 39.7 Å². The molecular formula is C26H28BrClN4O5S2. The van der Waals surface area contributed by atoms with E-state index >= 15 is 0 Å². The molecule has 1 amide bonds. The van der Waals surface area contributed by atoms with Gasteiger partial charge in [-0.15, -0.1) is 0 Å². The van der Waals surface area contributed by atoms with Gasteiger partial charge < -0.3 is 10.2 Å². The first-order chi connectivity index (χ1) is 18.4. The summed E-state index contributed by atoms with van der Waals surface area (Å²) in [4.78, 5) is 15.2. The van der Waals surface area contributed by atoms with Gasteiger partial charge in [0.2, 0.25) is 26.0 Å². The van der Waals surface area contributed by atoms with Crippen molar-refractivity contribution in [3.8, 4) is 0 Å². The third-order valence-electron chi connectivity index (χ3n) is 6.28. The van der Waals surface area contributed by atoms with E-state index in [-0.39, 0.29) is 16.3 Å². The summed E-state index contributed by atoms with van der Waals surface area (Å²) >= 11 is 9.27. The maximum absolute atomic E-state index is 13.5. The zero-order chi connectivity index (χ0) is 28.2. The fraction of sp³-hybridized carbons (Fsp3) is 0.269. The van der Waals surface area contributed by atoms with Gasteiger partial charge in [0.25, 0.3) is 0 Å². The van der Waals surface area contributed by atoms with Gasteiger partial charge in [0.05, 0.1) is 16.3 Å². The number of carbonyl (C=O) groups excluding carboxylic acids is 1. The zero-order valence-electron chi connectivity index (χ0n) is 21.1. The molecule has 9 nitrogen and oxygen atoms in total. The molecular weight excluding hydrogens is 628 g/mol. The average molecular weight is 656 g/mol. The number of piperazine rings is 1. The molecule has 0 spiro atoms. The molecule has 3 aromatic carbocycles. The first-order valence-electron chi connectivity index (χ1n) is 12.0. The minimum absolute atomic E-state index is 0.0472. The lowest BCUT2D eigenvalue weighted by Crippen LogP contribution is -2.46. The number of carbonyl (C=O) groups is 1. The number of halogens is 2.